The molecule has 170 valence electrons. The first-order chi connectivity index (χ1) is 14.0. The number of carbonyl (C=O) groups excluding carboxylic acids is 2. The number of imide groups is 1. The molecular formula is C22H45N5O2. The van der Waals surface area contributed by atoms with E-state index in [1.54, 1.807) is 0 Å². The van der Waals surface area contributed by atoms with Gasteiger partial charge in [-0.15, -0.1) is 0 Å². The van der Waals surface area contributed by atoms with Crippen molar-refractivity contribution in [3.63, 3.8) is 0 Å². The number of unbranched alkanes of at least 4 members (excludes halogenated alkanes) is 12. The third-order valence-corrected chi connectivity index (χ3v) is 5.07. The number of guanidine groups is 1. The van der Waals surface area contributed by atoms with E-state index in [9.17, 15) is 9.59 Å². The number of nitrogens with zero attached hydrogens (tertiary/aromatic N) is 1. The van der Waals surface area contributed by atoms with E-state index in [1.165, 1.54) is 64.2 Å². The van der Waals surface area contributed by atoms with E-state index in [-0.39, 0.29) is 11.9 Å². The number of amides is 2. The summed E-state index contributed by atoms with van der Waals surface area (Å²) < 4.78 is 0. The van der Waals surface area contributed by atoms with Crippen LogP contribution in [0.15, 0.2) is 4.99 Å². The largest absolute Gasteiger partial charge is 0.370 e. The van der Waals surface area contributed by atoms with E-state index in [0.29, 0.717) is 25.8 Å². The van der Waals surface area contributed by atoms with Crippen LogP contribution in [0.4, 0.5) is 0 Å². The van der Waals surface area contributed by atoms with E-state index in [2.05, 4.69) is 17.2 Å². The van der Waals surface area contributed by atoms with Crippen LogP contribution in [0.5, 0.6) is 0 Å². The SMILES string of the molecule is CCCCCCCCCCCCCCCC(=O)NC(=O)[C@@H](N)CCCN=C(N)N. The van der Waals surface area contributed by atoms with Crippen LogP contribution in [0.1, 0.15) is 110 Å². The molecule has 0 unspecified atom stereocenters. The average Bonchev–Trinajstić information content (AvgIpc) is 2.68. The van der Waals surface area contributed by atoms with Crippen LogP contribution < -0.4 is 22.5 Å². The van der Waals surface area contributed by atoms with Crippen molar-refractivity contribution in [2.24, 2.45) is 22.2 Å². The summed E-state index contributed by atoms with van der Waals surface area (Å²) in [5, 5.41) is 2.38. The zero-order valence-electron chi connectivity index (χ0n) is 18.6. The summed E-state index contributed by atoms with van der Waals surface area (Å²) >= 11 is 0. The molecule has 7 nitrogen and oxygen atoms in total. The van der Waals surface area contributed by atoms with Crippen molar-refractivity contribution >= 4 is 17.8 Å². The molecule has 0 saturated carbocycles. The molecule has 0 bridgehead atoms. The molecule has 0 aromatic carbocycles. The molecule has 0 rings (SSSR count). The Labute approximate surface area is 177 Å². The normalized spacial score (nSPS) is 11.8. The summed E-state index contributed by atoms with van der Waals surface area (Å²) in [4.78, 5) is 27.5. The standard InChI is InChI=1S/C22H45N5O2/c1-2-3-4-5-6-7-8-9-10-11-12-13-14-17-20(28)27-21(29)19(23)16-15-18-26-22(24)25/h19H,2-18,23H2,1H3,(H4,24,25,26)(H,27,28,29)/t19-/m0/s1. The minimum absolute atomic E-state index is 0.0241. The number of aliphatic imine (C=N–C) groups is 1. The number of hydrogen-bond acceptors (Lipinski definition) is 4. The highest BCUT2D eigenvalue weighted by Crippen LogP contribution is 2.12. The van der Waals surface area contributed by atoms with Crippen molar-refractivity contribution in [2.45, 2.75) is 116 Å². The van der Waals surface area contributed by atoms with Gasteiger partial charge in [0.2, 0.25) is 11.8 Å². The maximum atomic E-state index is 11.9. The fourth-order valence-corrected chi connectivity index (χ4v) is 3.25. The smallest absolute Gasteiger partial charge is 0.243 e. The number of hydrogen-bond donors (Lipinski definition) is 4. The first-order valence-corrected chi connectivity index (χ1v) is 11.6. The monoisotopic (exact) mass is 411 g/mol. The highest BCUT2D eigenvalue weighted by Gasteiger charge is 2.15. The Morgan fingerprint density at radius 1 is 0.793 bits per heavy atom. The molecular weight excluding hydrogens is 366 g/mol. The Morgan fingerprint density at radius 3 is 1.76 bits per heavy atom. The van der Waals surface area contributed by atoms with Crippen molar-refractivity contribution in [3.8, 4) is 0 Å². The predicted molar refractivity (Wildman–Crippen MR) is 121 cm³/mol. The average molecular weight is 412 g/mol. The Balaban J connectivity index is 3.48. The molecule has 1 atom stereocenters. The summed E-state index contributed by atoms with van der Waals surface area (Å²) in [6, 6.07) is -0.709. The van der Waals surface area contributed by atoms with Gasteiger partial charge in [-0.2, -0.15) is 0 Å². The molecule has 0 heterocycles. The maximum absolute atomic E-state index is 11.9. The zero-order chi connectivity index (χ0) is 21.7. The molecule has 0 radical (unpaired) electrons. The molecule has 0 aromatic rings. The molecule has 29 heavy (non-hydrogen) atoms. The minimum Gasteiger partial charge on any atom is -0.370 e. The summed E-state index contributed by atoms with van der Waals surface area (Å²) in [5.74, 6) is -0.636. The summed E-state index contributed by atoms with van der Waals surface area (Å²) in [6.07, 6.45) is 17.8. The quantitative estimate of drug-likeness (QED) is 0.146. The molecule has 2 amide bonds. The van der Waals surface area contributed by atoms with Crippen LogP contribution in [0.2, 0.25) is 0 Å². The van der Waals surface area contributed by atoms with Crippen LogP contribution in [0.25, 0.3) is 0 Å². The molecule has 0 fully saturated rings. The highest BCUT2D eigenvalue weighted by molar-refractivity contribution is 5.97. The van der Waals surface area contributed by atoms with Gasteiger partial charge in [-0.3, -0.25) is 19.9 Å². The van der Waals surface area contributed by atoms with Gasteiger partial charge >= 0.3 is 0 Å². The second-order valence-electron chi connectivity index (χ2n) is 7.96. The van der Waals surface area contributed by atoms with Crippen LogP contribution >= 0.6 is 0 Å². The Bertz CT molecular complexity index is 450. The molecule has 0 aliphatic rings. The molecule has 0 spiro atoms. The summed E-state index contributed by atoms with van der Waals surface area (Å²) in [5.41, 5.74) is 16.2. The van der Waals surface area contributed by atoms with Crippen molar-refractivity contribution in [1.82, 2.24) is 5.32 Å². The van der Waals surface area contributed by atoms with Gasteiger partial charge < -0.3 is 17.2 Å². The second-order valence-corrected chi connectivity index (χ2v) is 7.96. The van der Waals surface area contributed by atoms with Crippen LogP contribution in [-0.4, -0.2) is 30.4 Å². The third kappa shape index (κ3) is 19.5. The lowest BCUT2D eigenvalue weighted by molar-refractivity contribution is -0.131. The minimum atomic E-state index is -0.709. The lowest BCUT2D eigenvalue weighted by Gasteiger charge is -2.10. The maximum Gasteiger partial charge on any atom is 0.243 e. The third-order valence-electron chi connectivity index (χ3n) is 5.07. The van der Waals surface area contributed by atoms with Crippen LogP contribution in [0.3, 0.4) is 0 Å². The molecule has 0 aliphatic heterocycles. The fourth-order valence-electron chi connectivity index (χ4n) is 3.25. The summed E-state index contributed by atoms with van der Waals surface area (Å²) in [6.45, 7) is 2.68. The van der Waals surface area contributed by atoms with Gasteiger partial charge in [-0.25, -0.2) is 0 Å². The predicted octanol–water partition coefficient (Wildman–Crippen LogP) is 3.49. The topological polar surface area (TPSA) is 137 Å². The lowest BCUT2D eigenvalue weighted by Crippen LogP contribution is -2.43. The second kappa shape index (κ2) is 19.7. The van der Waals surface area contributed by atoms with Gasteiger partial charge in [0.15, 0.2) is 5.96 Å². The van der Waals surface area contributed by atoms with Gasteiger partial charge in [-0.1, -0.05) is 84.0 Å². The highest BCUT2D eigenvalue weighted by atomic mass is 16.2. The molecule has 0 aliphatic carbocycles. The Kier molecular flexibility index (Phi) is 18.6. The molecule has 7 heteroatoms. The van der Waals surface area contributed by atoms with E-state index in [4.69, 9.17) is 17.2 Å². The molecule has 0 saturated heterocycles. The van der Waals surface area contributed by atoms with E-state index < -0.39 is 11.9 Å². The van der Waals surface area contributed by atoms with Crippen LogP contribution in [0, 0.1) is 0 Å². The van der Waals surface area contributed by atoms with E-state index in [0.717, 1.165) is 19.3 Å². The molecule has 0 aromatic heterocycles. The van der Waals surface area contributed by atoms with Gasteiger partial charge in [-0.05, 0) is 19.3 Å². The van der Waals surface area contributed by atoms with Crippen LogP contribution in [-0.2, 0) is 9.59 Å². The first kappa shape index (κ1) is 27.4. The molecule has 7 N–H and O–H groups in total. The van der Waals surface area contributed by atoms with Crippen molar-refractivity contribution in [1.29, 1.82) is 0 Å². The van der Waals surface area contributed by atoms with Gasteiger partial charge in [0.05, 0.1) is 6.04 Å². The number of rotatable bonds is 19. The summed E-state index contributed by atoms with van der Waals surface area (Å²) in [7, 11) is 0. The Hall–Kier alpha value is -1.63. The van der Waals surface area contributed by atoms with Gasteiger partial charge in [0.25, 0.3) is 0 Å². The number of nitrogens with one attached hydrogen (secondary N) is 1. The van der Waals surface area contributed by atoms with Crippen molar-refractivity contribution in [3.05, 3.63) is 0 Å². The fraction of sp³-hybridized carbons (Fsp3) is 0.864. The van der Waals surface area contributed by atoms with E-state index in [1.807, 2.05) is 0 Å². The Morgan fingerprint density at radius 2 is 1.28 bits per heavy atom. The zero-order valence-corrected chi connectivity index (χ0v) is 18.6. The number of nitrogens with two attached hydrogens (primary N) is 3. The van der Waals surface area contributed by atoms with Gasteiger partial charge in [0, 0.05) is 13.0 Å². The number of carbonyl (C=O) groups is 2. The van der Waals surface area contributed by atoms with Crippen molar-refractivity contribution < 1.29 is 9.59 Å². The lowest BCUT2D eigenvalue weighted by atomic mass is 10.0. The van der Waals surface area contributed by atoms with Crippen molar-refractivity contribution in [2.75, 3.05) is 6.54 Å². The van der Waals surface area contributed by atoms with E-state index >= 15 is 0 Å². The van der Waals surface area contributed by atoms with Gasteiger partial charge in [0.1, 0.15) is 0 Å². The first-order valence-electron chi connectivity index (χ1n) is 11.6.